The molecule has 0 bridgehead atoms. The molecule has 0 radical (unpaired) electrons. The van der Waals surface area contributed by atoms with Gasteiger partial charge in [0.15, 0.2) is 11.2 Å². The van der Waals surface area contributed by atoms with E-state index >= 15 is 0 Å². The molecule has 3 heteroatoms. The van der Waals surface area contributed by atoms with Crippen molar-refractivity contribution in [2.75, 3.05) is 0 Å². The molecule has 0 aliphatic heterocycles. The Hall–Kier alpha value is -3.60. The van der Waals surface area contributed by atoms with E-state index in [1.165, 1.54) is 0 Å². The third-order valence-corrected chi connectivity index (χ3v) is 7.03. The quantitative estimate of drug-likeness (QED) is 0.268. The summed E-state index contributed by atoms with van der Waals surface area (Å²) in [6.45, 7) is 6.46. The molecule has 0 aromatic heterocycles. The van der Waals surface area contributed by atoms with Crippen molar-refractivity contribution in [2.24, 2.45) is 0 Å². The summed E-state index contributed by atoms with van der Waals surface area (Å²) >= 11 is 0. The fraction of sp³-hybridized carbons (Fsp3) is 0.161. The van der Waals surface area contributed by atoms with E-state index in [9.17, 15) is 10.2 Å². The number of hydrogen-bond acceptors (Lipinski definition) is 2. The predicted octanol–water partition coefficient (Wildman–Crippen LogP) is 5.56. The van der Waals surface area contributed by atoms with E-state index in [4.69, 9.17) is 0 Å². The van der Waals surface area contributed by atoms with E-state index < -0.39 is 19.3 Å². The molecule has 5 rings (SSSR count). The van der Waals surface area contributed by atoms with Crippen LogP contribution in [0.1, 0.15) is 27.8 Å². The van der Waals surface area contributed by atoms with Crippen molar-refractivity contribution in [1.82, 2.24) is 0 Å². The van der Waals surface area contributed by atoms with Crippen LogP contribution in [0.2, 0.25) is 19.6 Å². The van der Waals surface area contributed by atoms with Crippen LogP contribution in [0.15, 0.2) is 91.0 Å². The minimum Gasteiger partial charge on any atom is -0.369 e. The van der Waals surface area contributed by atoms with Gasteiger partial charge in [-0.3, -0.25) is 0 Å². The summed E-state index contributed by atoms with van der Waals surface area (Å²) in [5, 5.41) is 26.4. The molecule has 0 fully saturated rings. The highest BCUT2D eigenvalue weighted by Gasteiger charge is 2.48. The third-order valence-electron chi connectivity index (χ3n) is 6.15. The van der Waals surface area contributed by atoms with E-state index in [0.29, 0.717) is 22.3 Å². The number of aliphatic hydroxyl groups is 2. The summed E-state index contributed by atoms with van der Waals surface area (Å²) in [6, 6.07) is 28.9. The van der Waals surface area contributed by atoms with E-state index in [0.717, 1.165) is 16.3 Å². The van der Waals surface area contributed by atoms with E-state index in [1.807, 2.05) is 91.0 Å². The second kappa shape index (κ2) is 8.01. The number of rotatable bonds is 0. The van der Waals surface area contributed by atoms with Crippen molar-refractivity contribution in [3.8, 4) is 23.3 Å². The van der Waals surface area contributed by atoms with Gasteiger partial charge in [-0.1, -0.05) is 104 Å². The summed E-state index contributed by atoms with van der Waals surface area (Å²) in [5.41, 5.74) is 3.33. The molecule has 166 valence electrons. The standard InChI is InChI=1S/C31H26O2Si/c1-34(2,3)20-19-31(33)27-16-10-9-15-26(27)30(32,18-17-23-11-5-4-6-12-23)28-21-24-13-7-8-14-25(24)22-29(28)31/h4-16,21-22,32-33H,1-3H3. The lowest BCUT2D eigenvalue weighted by Crippen LogP contribution is -2.42. The lowest BCUT2D eigenvalue weighted by atomic mass is 9.67. The second-order valence-corrected chi connectivity index (χ2v) is 14.6. The maximum atomic E-state index is 12.2. The minimum absolute atomic E-state index is 0.564. The van der Waals surface area contributed by atoms with Gasteiger partial charge in [0.05, 0.1) is 0 Å². The number of benzene rings is 4. The fourth-order valence-corrected chi connectivity index (χ4v) is 5.03. The summed E-state index contributed by atoms with van der Waals surface area (Å²) in [5.74, 6) is 9.55. The topological polar surface area (TPSA) is 40.5 Å². The zero-order chi connectivity index (χ0) is 24.0. The Morgan fingerprint density at radius 1 is 0.588 bits per heavy atom. The molecule has 1 aliphatic carbocycles. The van der Waals surface area contributed by atoms with Gasteiger partial charge in [-0.2, -0.15) is 0 Å². The molecule has 4 aromatic rings. The fourth-order valence-electron chi connectivity index (χ4n) is 4.47. The lowest BCUT2D eigenvalue weighted by molar-refractivity contribution is 0.0947. The second-order valence-electron chi connectivity index (χ2n) is 9.83. The molecule has 2 unspecified atom stereocenters. The largest absolute Gasteiger partial charge is 0.369 e. The monoisotopic (exact) mass is 458 g/mol. The highest BCUT2D eigenvalue weighted by molar-refractivity contribution is 6.83. The van der Waals surface area contributed by atoms with Crippen LogP contribution in [-0.4, -0.2) is 18.3 Å². The van der Waals surface area contributed by atoms with Gasteiger partial charge in [-0.25, -0.2) is 0 Å². The zero-order valence-corrected chi connectivity index (χ0v) is 20.6. The maximum absolute atomic E-state index is 12.2. The Kier molecular flexibility index (Phi) is 5.23. The lowest BCUT2D eigenvalue weighted by Gasteiger charge is -2.40. The van der Waals surface area contributed by atoms with Crippen molar-refractivity contribution >= 4 is 18.8 Å². The molecule has 2 nitrogen and oxygen atoms in total. The van der Waals surface area contributed by atoms with E-state index in [1.54, 1.807) is 0 Å². The van der Waals surface area contributed by atoms with E-state index in [2.05, 4.69) is 42.9 Å². The molecule has 0 heterocycles. The molecular weight excluding hydrogens is 432 g/mol. The van der Waals surface area contributed by atoms with Crippen molar-refractivity contribution in [3.63, 3.8) is 0 Å². The minimum atomic E-state index is -1.79. The first kappa shape index (κ1) is 22.2. The average molecular weight is 459 g/mol. The Morgan fingerprint density at radius 2 is 1.06 bits per heavy atom. The molecule has 1 aliphatic rings. The van der Waals surface area contributed by atoms with Gasteiger partial charge in [-0.15, -0.1) is 5.54 Å². The third kappa shape index (κ3) is 3.75. The smallest absolute Gasteiger partial charge is 0.178 e. The van der Waals surface area contributed by atoms with Crippen molar-refractivity contribution in [2.45, 2.75) is 30.8 Å². The highest BCUT2D eigenvalue weighted by Crippen LogP contribution is 2.48. The first-order chi connectivity index (χ1) is 16.2. The first-order valence-corrected chi connectivity index (χ1v) is 14.9. The van der Waals surface area contributed by atoms with Gasteiger partial charge in [0.2, 0.25) is 0 Å². The summed E-state index contributed by atoms with van der Waals surface area (Å²) < 4.78 is 0. The molecule has 34 heavy (non-hydrogen) atoms. The number of hydrogen-bond donors (Lipinski definition) is 2. The molecule has 0 spiro atoms. The van der Waals surface area contributed by atoms with Gasteiger partial charge in [-0.05, 0) is 35.0 Å². The van der Waals surface area contributed by atoms with Crippen molar-refractivity contribution < 1.29 is 10.2 Å². The first-order valence-electron chi connectivity index (χ1n) is 11.4. The zero-order valence-electron chi connectivity index (χ0n) is 19.6. The summed E-state index contributed by atoms with van der Waals surface area (Å²) in [7, 11) is -1.79. The van der Waals surface area contributed by atoms with Crippen LogP contribution < -0.4 is 0 Å². The van der Waals surface area contributed by atoms with Gasteiger partial charge < -0.3 is 10.2 Å². The molecule has 0 saturated heterocycles. The molecule has 0 amide bonds. The van der Waals surface area contributed by atoms with Crippen LogP contribution in [-0.2, 0) is 11.2 Å². The van der Waals surface area contributed by atoms with Crippen LogP contribution in [0.5, 0.6) is 0 Å². The Labute approximate surface area is 201 Å². The van der Waals surface area contributed by atoms with Gasteiger partial charge in [0.1, 0.15) is 8.07 Å². The van der Waals surface area contributed by atoms with Crippen LogP contribution in [0, 0.1) is 23.3 Å². The maximum Gasteiger partial charge on any atom is 0.178 e. The predicted molar refractivity (Wildman–Crippen MR) is 141 cm³/mol. The Bertz CT molecular complexity index is 1530. The SMILES string of the molecule is C[Si](C)(C)C#CC1(O)c2ccccc2C(O)(C#Cc2ccccc2)c2cc3ccccc3cc21. The number of fused-ring (bicyclic) bond motifs is 3. The molecule has 4 aromatic carbocycles. The Morgan fingerprint density at radius 3 is 1.59 bits per heavy atom. The normalized spacial score (nSPS) is 20.9. The van der Waals surface area contributed by atoms with Crippen molar-refractivity contribution in [3.05, 3.63) is 119 Å². The molecular formula is C31H26O2Si. The average Bonchev–Trinajstić information content (AvgIpc) is 2.85. The molecule has 2 atom stereocenters. The van der Waals surface area contributed by atoms with Crippen molar-refractivity contribution in [1.29, 1.82) is 0 Å². The van der Waals surface area contributed by atoms with Crippen LogP contribution in [0.3, 0.4) is 0 Å². The summed E-state index contributed by atoms with van der Waals surface area (Å²) in [6.07, 6.45) is 0. The van der Waals surface area contributed by atoms with Gasteiger partial charge in [0.25, 0.3) is 0 Å². The highest BCUT2D eigenvalue weighted by atomic mass is 28.3. The molecule has 2 N–H and O–H groups in total. The van der Waals surface area contributed by atoms with Crippen LogP contribution >= 0.6 is 0 Å². The van der Waals surface area contributed by atoms with Gasteiger partial charge in [0, 0.05) is 27.8 Å². The van der Waals surface area contributed by atoms with Gasteiger partial charge >= 0.3 is 0 Å². The van der Waals surface area contributed by atoms with Crippen LogP contribution in [0.25, 0.3) is 10.8 Å². The van der Waals surface area contributed by atoms with Crippen LogP contribution in [0.4, 0.5) is 0 Å². The molecule has 0 saturated carbocycles. The summed E-state index contributed by atoms with van der Waals surface area (Å²) in [4.78, 5) is 0. The Balaban J connectivity index is 1.87. The van der Waals surface area contributed by atoms with E-state index in [-0.39, 0.29) is 0 Å².